The zero-order valence-electron chi connectivity index (χ0n) is 34.8. The Balaban J connectivity index is 1.16. The monoisotopic (exact) mass is 829 g/mol. The van der Waals surface area contributed by atoms with Crippen LogP contribution in [0, 0.1) is 33.5 Å². The Morgan fingerprint density at radius 1 is 0.783 bits per heavy atom. The van der Waals surface area contributed by atoms with E-state index in [2.05, 4.69) is 36.8 Å². The number of aliphatic hydroxyl groups is 2. The van der Waals surface area contributed by atoms with Crippen molar-refractivity contribution < 1.29 is 51.9 Å². The summed E-state index contributed by atoms with van der Waals surface area (Å²) < 4.78 is 59.4. The highest BCUT2D eigenvalue weighted by molar-refractivity contribution is 6.10. The van der Waals surface area contributed by atoms with E-state index in [-0.39, 0.29) is 54.2 Å². The third-order valence-electron chi connectivity index (χ3n) is 15.4. The second-order valence-corrected chi connectivity index (χ2v) is 18.2. The van der Waals surface area contributed by atoms with E-state index in [9.17, 15) is 33.0 Å². The van der Waals surface area contributed by atoms with E-state index < -0.39 is 34.3 Å². The number of ether oxygens (including phenoxy) is 4. The maximum Gasteiger partial charge on any atom is 0.573 e. The maximum atomic E-state index is 15.0. The van der Waals surface area contributed by atoms with Crippen LogP contribution in [-0.2, 0) is 17.8 Å². The highest BCUT2D eigenvalue weighted by atomic mass is 19.4. The average Bonchev–Trinajstić information content (AvgIpc) is 3.49. The summed E-state index contributed by atoms with van der Waals surface area (Å²) in [7, 11) is 4.62. The van der Waals surface area contributed by atoms with Gasteiger partial charge < -0.3 is 34.1 Å². The largest absolute Gasteiger partial charge is 0.573 e. The number of Topliss-reactive ketones (excluding diaryl/α,β-unsaturated/α-hetero) is 1. The lowest BCUT2D eigenvalue weighted by molar-refractivity contribution is -0.274. The van der Waals surface area contributed by atoms with Gasteiger partial charge in [-0.05, 0) is 122 Å². The molecule has 0 heterocycles. The summed E-state index contributed by atoms with van der Waals surface area (Å²) in [6.45, 7) is 4.44. The van der Waals surface area contributed by atoms with E-state index in [1.165, 1.54) is 38.5 Å². The molecule has 1 amide bonds. The summed E-state index contributed by atoms with van der Waals surface area (Å²) in [5.41, 5.74) is -1.08. The van der Waals surface area contributed by atoms with Gasteiger partial charge in [0, 0.05) is 33.9 Å². The Morgan fingerprint density at radius 2 is 1.42 bits per heavy atom. The molecule has 3 fully saturated rings. The SMILES string of the molecule is COc1ccc(C(=O)C2=C[C@@]34C=C[C@@]25[C@@H]2CC[C@@](O)(CN(Cc6ccc(OC(F)(F)F)cc6)C(=O)Cc6ccc(OC)c(OC)c6)[C@@]2(C)CC[C@@H]5[C@@]3(C)CCC(O)C4)cc1. The molecular weight excluding hydrogens is 776 g/mol. The van der Waals surface area contributed by atoms with Crippen LogP contribution in [-0.4, -0.2) is 72.7 Å². The summed E-state index contributed by atoms with van der Waals surface area (Å²) in [6.07, 6.45) is 5.73. The molecule has 6 aliphatic rings. The minimum absolute atomic E-state index is 0.0270. The minimum Gasteiger partial charge on any atom is -0.497 e. The van der Waals surface area contributed by atoms with Gasteiger partial charge in [-0.15, -0.1) is 13.2 Å². The fraction of sp³-hybridized carbons (Fsp3) is 0.500. The Hall–Kier alpha value is -4.81. The van der Waals surface area contributed by atoms with E-state index in [4.69, 9.17) is 14.2 Å². The van der Waals surface area contributed by atoms with Crippen LogP contribution in [0.5, 0.6) is 23.0 Å². The van der Waals surface area contributed by atoms with E-state index >= 15 is 0 Å². The van der Waals surface area contributed by atoms with Crippen molar-refractivity contribution >= 4 is 11.7 Å². The van der Waals surface area contributed by atoms with Crippen molar-refractivity contribution in [2.45, 2.75) is 89.8 Å². The molecule has 2 N–H and O–H groups in total. The number of rotatable bonds is 12. The zero-order chi connectivity index (χ0) is 42.9. The van der Waals surface area contributed by atoms with Crippen molar-refractivity contribution in [1.29, 1.82) is 0 Å². The van der Waals surface area contributed by atoms with Crippen molar-refractivity contribution in [1.82, 2.24) is 4.90 Å². The third kappa shape index (κ3) is 6.69. The molecule has 9 nitrogen and oxygen atoms in total. The first-order valence-corrected chi connectivity index (χ1v) is 20.8. The molecule has 60 heavy (non-hydrogen) atoms. The Labute approximate surface area is 349 Å². The molecule has 0 aromatic heterocycles. The molecule has 2 spiro atoms. The Morgan fingerprint density at radius 3 is 2.08 bits per heavy atom. The molecule has 12 heteroatoms. The first-order chi connectivity index (χ1) is 28.4. The summed E-state index contributed by atoms with van der Waals surface area (Å²) in [5, 5.41) is 24.3. The number of hydrogen-bond acceptors (Lipinski definition) is 8. The number of benzene rings is 3. The normalized spacial score (nSPS) is 32.6. The van der Waals surface area contributed by atoms with E-state index in [1.54, 1.807) is 54.5 Å². The molecule has 3 aromatic carbocycles. The fourth-order valence-electron chi connectivity index (χ4n) is 12.3. The van der Waals surface area contributed by atoms with Gasteiger partial charge in [0.2, 0.25) is 5.91 Å². The molecule has 9 rings (SSSR count). The lowest BCUT2D eigenvalue weighted by atomic mass is 9.32. The first kappa shape index (κ1) is 41.9. The molecule has 0 radical (unpaired) electrons. The number of ketones is 1. The molecule has 6 aliphatic carbocycles. The topological polar surface area (TPSA) is 115 Å². The first-order valence-electron chi connectivity index (χ1n) is 20.8. The van der Waals surface area contributed by atoms with Crippen molar-refractivity contribution in [3.05, 3.63) is 107 Å². The number of halogens is 3. The van der Waals surface area contributed by atoms with Crippen LogP contribution in [0.3, 0.4) is 0 Å². The molecule has 8 atom stereocenters. The van der Waals surface area contributed by atoms with Gasteiger partial charge in [-0.25, -0.2) is 0 Å². The van der Waals surface area contributed by atoms with Crippen LogP contribution in [0.1, 0.15) is 80.3 Å². The van der Waals surface area contributed by atoms with Crippen molar-refractivity contribution in [3.8, 4) is 23.0 Å². The molecule has 2 bridgehead atoms. The number of aliphatic hydroxyl groups excluding tert-OH is 1. The summed E-state index contributed by atoms with van der Waals surface area (Å²) in [6, 6.07) is 17.8. The summed E-state index contributed by atoms with van der Waals surface area (Å²) in [5.74, 6) is 0.794. The van der Waals surface area contributed by atoms with E-state index in [1.807, 2.05) is 0 Å². The van der Waals surface area contributed by atoms with Crippen molar-refractivity contribution in [2.24, 2.45) is 33.5 Å². The lowest BCUT2D eigenvalue weighted by Crippen LogP contribution is -2.67. The van der Waals surface area contributed by atoms with Crippen molar-refractivity contribution in [2.75, 3.05) is 27.9 Å². The highest BCUT2D eigenvalue weighted by Gasteiger charge is 2.74. The number of methoxy groups -OCH3 is 3. The zero-order valence-corrected chi connectivity index (χ0v) is 34.8. The van der Waals surface area contributed by atoms with Crippen LogP contribution < -0.4 is 18.9 Å². The minimum atomic E-state index is -4.85. The van der Waals surface area contributed by atoms with Gasteiger partial charge in [0.05, 0.1) is 46.0 Å². The molecule has 0 saturated heterocycles. The molecule has 3 aromatic rings. The van der Waals surface area contributed by atoms with Crippen LogP contribution in [0.15, 0.2) is 90.5 Å². The third-order valence-corrected chi connectivity index (χ3v) is 15.4. The number of carbonyl (C=O) groups is 2. The van der Waals surface area contributed by atoms with Crippen molar-refractivity contribution in [3.63, 3.8) is 0 Å². The molecule has 1 unspecified atom stereocenters. The predicted octanol–water partition coefficient (Wildman–Crippen LogP) is 8.66. The van der Waals surface area contributed by atoms with E-state index in [0.717, 1.165) is 18.4 Å². The fourth-order valence-corrected chi connectivity index (χ4v) is 12.3. The van der Waals surface area contributed by atoms with Gasteiger partial charge in [-0.1, -0.05) is 50.3 Å². The van der Waals surface area contributed by atoms with Crippen LogP contribution in [0.2, 0.25) is 0 Å². The van der Waals surface area contributed by atoms with Gasteiger partial charge in [-0.3, -0.25) is 9.59 Å². The number of allylic oxidation sites excluding steroid dienone is 4. The molecule has 0 aliphatic heterocycles. The molecular formula is C48H54F3NO8. The highest BCUT2D eigenvalue weighted by Crippen LogP contribution is 2.78. The maximum absolute atomic E-state index is 15.0. The van der Waals surface area contributed by atoms with E-state index in [0.29, 0.717) is 66.0 Å². The molecule has 320 valence electrons. The van der Waals surface area contributed by atoms with Gasteiger partial charge in [0.15, 0.2) is 17.3 Å². The average molecular weight is 830 g/mol. The molecule has 3 saturated carbocycles. The van der Waals surface area contributed by atoms with Crippen LogP contribution >= 0.6 is 0 Å². The second-order valence-electron chi connectivity index (χ2n) is 18.2. The van der Waals surface area contributed by atoms with Gasteiger partial charge in [-0.2, -0.15) is 0 Å². The van der Waals surface area contributed by atoms with Gasteiger partial charge in [0.25, 0.3) is 0 Å². The van der Waals surface area contributed by atoms with Gasteiger partial charge >= 0.3 is 6.36 Å². The number of hydrogen-bond donors (Lipinski definition) is 2. The number of amides is 1. The van der Waals surface area contributed by atoms with Crippen LogP contribution in [0.4, 0.5) is 13.2 Å². The quantitative estimate of drug-likeness (QED) is 0.138. The number of carbonyl (C=O) groups excluding carboxylic acids is 2. The Kier molecular flexibility index (Phi) is 10.5. The smallest absolute Gasteiger partial charge is 0.497 e. The Bertz CT molecular complexity index is 2210. The standard InChI is InChI=1S/C48H54F3NO8/c1-43-19-16-33(53)26-45(43)22-23-47(36(27-45)42(55)32-9-13-34(57-3)14-10-32)39(43)17-20-44(2)40(47)18-21-46(44,56)29-52(28-30-6-11-35(12-7-30)60-48(49,50)51)41(54)25-31-8-15-37(58-4)38(24-31)59-5/h6-15,22-24,27,33,39-40,53,56H,16-21,25-26,28-29H2,1-5H3/t33?,39-,40-,43-,44+,45+,46-,47-/m1/s1. The second kappa shape index (κ2) is 15.0. The number of nitrogens with zero attached hydrogens (tertiary/aromatic N) is 1. The predicted molar refractivity (Wildman–Crippen MR) is 218 cm³/mol. The number of alkyl halides is 3. The number of fused-ring (bicyclic) bond motifs is 1. The summed E-state index contributed by atoms with van der Waals surface area (Å²) in [4.78, 5) is 31.1. The van der Waals surface area contributed by atoms with Crippen LogP contribution in [0.25, 0.3) is 0 Å². The lowest BCUT2D eigenvalue weighted by Gasteiger charge is -2.71. The van der Waals surface area contributed by atoms with Gasteiger partial charge in [0.1, 0.15) is 11.5 Å². The summed E-state index contributed by atoms with van der Waals surface area (Å²) >= 11 is 0.